The van der Waals surface area contributed by atoms with Crippen LogP contribution in [0, 0.1) is 0 Å². The van der Waals surface area contributed by atoms with E-state index in [-0.39, 0.29) is 12.5 Å². The molecule has 2 aliphatic rings. The van der Waals surface area contributed by atoms with E-state index in [1.54, 1.807) is 0 Å². The van der Waals surface area contributed by atoms with E-state index in [1.807, 2.05) is 18.2 Å². The minimum Gasteiger partial charge on any atom is -0.481 e. The summed E-state index contributed by atoms with van der Waals surface area (Å²) in [6.07, 6.45) is 3.45. The van der Waals surface area contributed by atoms with Gasteiger partial charge in [0, 0.05) is 25.3 Å². The van der Waals surface area contributed by atoms with Crippen LogP contribution in [0.2, 0.25) is 0 Å². The number of hydrogen-bond acceptors (Lipinski definition) is 4. The zero-order valence-electron chi connectivity index (χ0n) is 10.6. The Labute approximate surface area is 111 Å². The van der Waals surface area contributed by atoms with Crippen LogP contribution >= 0.6 is 0 Å². The maximum atomic E-state index is 10.6. The van der Waals surface area contributed by atoms with Gasteiger partial charge in [-0.25, -0.2) is 0 Å². The summed E-state index contributed by atoms with van der Waals surface area (Å²) in [6, 6.07) is 5.32. The van der Waals surface area contributed by atoms with Gasteiger partial charge in [-0.15, -0.1) is 0 Å². The van der Waals surface area contributed by atoms with Crippen molar-refractivity contribution < 1.29 is 19.4 Å². The van der Waals surface area contributed by atoms with Crippen molar-refractivity contribution in [1.82, 2.24) is 0 Å². The largest absolute Gasteiger partial charge is 0.481 e. The first-order chi connectivity index (χ1) is 9.08. The molecule has 3 rings (SSSR count). The minimum absolute atomic E-state index is 0.0690. The lowest BCUT2D eigenvalue weighted by Gasteiger charge is -2.35. The highest BCUT2D eigenvalue weighted by atomic mass is 16.7. The second kappa shape index (κ2) is 4.42. The number of nitrogens with two attached hydrogens (primary N) is 1. The molecule has 1 atom stereocenters. The number of fused-ring (bicyclic) bond motifs is 1. The zero-order valence-corrected chi connectivity index (χ0v) is 10.6. The second-order valence-electron chi connectivity index (χ2n) is 5.21. The lowest BCUT2D eigenvalue weighted by atomic mass is 9.91. The normalized spacial score (nSPS) is 20.1. The molecule has 0 bridgehead atoms. The SMILES string of the molecule is NC(CCC(=O)O)c1ccc2c(c1)OC1(CCC1)O2. The van der Waals surface area contributed by atoms with Crippen molar-refractivity contribution in [2.24, 2.45) is 5.73 Å². The number of rotatable bonds is 4. The highest BCUT2D eigenvalue weighted by Gasteiger charge is 2.47. The topological polar surface area (TPSA) is 81.8 Å². The summed E-state index contributed by atoms with van der Waals surface area (Å²) in [5.74, 6) is 0.216. The van der Waals surface area contributed by atoms with E-state index >= 15 is 0 Å². The molecule has 1 spiro atoms. The number of carbonyl (C=O) groups is 1. The molecule has 1 fully saturated rings. The molecule has 1 unspecified atom stereocenters. The standard InChI is InChI=1S/C14H17NO4/c15-10(3-5-13(16)17)9-2-4-11-12(8-9)19-14(18-11)6-1-7-14/h2,4,8,10H,1,3,5-7,15H2,(H,16,17). The number of ether oxygens (including phenoxy) is 2. The minimum atomic E-state index is -0.829. The first-order valence-electron chi connectivity index (χ1n) is 6.57. The van der Waals surface area contributed by atoms with E-state index in [0.717, 1.165) is 36.3 Å². The molecular weight excluding hydrogens is 246 g/mol. The molecule has 5 nitrogen and oxygen atoms in total. The molecule has 5 heteroatoms. The van der Waals surface area contributed by atoms with Crippen LogP contribution in [0.15, 0.2) is 18.2 Å². The summed E-state index contributed by atoms with van der Waals surface area (Å²) in [6.45, 7) is 0. The van der Waals surface area contributed by atoms with E-state index in [1.165, 1.54) is 0 Å². The Morgan fingerprint density at radius 2 is 2.11 bits per heavy atom. The van der Waals surface area contributed by atoms with Crippen molar-refractivity contribution in [2.45, 2.75) is 43.9 Å². The number of carboxylic acids is 1. The summed E-state index contributed by atoms with van der Waals surface area (Å²) < 4.78 is 11.7. The van der Waals surface area contributed by atoms with Crippen molar-refractivity contribution in [3.05, 3.63) is 23.8 Å². The molecule has 1 aliphatic carbocycles. The number of hydrogen-bond donors (Lipinski definition) is 2. The monoisotopic (exact) mass is 263 g/mol. The molecule has 1 aromatic carbocycles. The first-order valence-corrected chi connectivity index (χ1v) is 6.57. The van der Waals surface area contributed by atoms with Crippen LogP contribution in [-0.4, -0.2) is 16.9 Å². The number of aliphatic carboxylic acids is 1. The van der Waals surface area contributed by atoms with Crippen LogP contribution in [0.4, 0.5) is 0 Å². The maximum absolute atomic E-state index is 10.6. The lowest BCUT2D eigenvalue weighted by Crippen LogP contribution is -2.45. The highest BCUT2D eigenvalue weighted by Crippen LogP contribution is 2.48. The molecule has 3 N–H and O–H groups in total. The van der Waals surface area contributed by atoms with Crippen molar-refractivity contribution >= 4 is 5.97 Å². The Kier molecular flexibility index (Phi) is 2.86. The van der Waals surface area contributed by atoms with Gasteiger partial charge in [0.1, 0.15) is 0 Å². The van der Waals surface area contributed by atoms with Crippen molar-refractivity contribution in [3.8, 4) is 11.5 Å². The molecule has 1 aliphatic heterocycles. The van der Waals surface area contributed by atoms with Gasteiger partial charge < -0.3 is 20.3 Å². The lowest BCUT2D eigenvalue weighted by molar-refractivity contribution is -0.138. The van der Waals surface area contributed by atoms with E-state index in [4.69, 9.17) is 20.3 Å². The van der Waals surface area contributed by atoms with E-state index in [0.29, 0.717) is 6.42 Å². The fraction of sp³-hybridized carbons (Fsp3) is 0.500. The first kappa shape index (κ1) is 12.3. The molecule has 19 heavy (non-hydrogen) atoms. The van der Waals surface area contributed by atoms with Crippen LogP contribution in [0.1, 0.15) is 43.7 Å². The number of carboxylic acid groups (broad SMARTS) is 1. The van der Waals surface area contributed by atoms with Gasteiger partial charge in [-0.3, -0.25) is 4.79 Å². The molecule has 0 radical (unpaired) electrons. The van der Waals surface area contributed by atoms with Gasteiger partial charge in [0.25, 0.3) is 5.79 Å². The molecular formula is C14H17NO4. The summed E-state index contributed by atoms with van der Waals surface area (Å²) in [5, 5.41) is 8.67. The van der Waals surface area contributed by atoms with E-state index < -0.39 is 11.8 Å². The summed E-state index contributed by atoms with van der Waals surface area (Å²) >= 11 is 0. The Balaban J connectivity index is 1.72. The number of benzene rings is 1. The smallest absolute Gasteiger partial charge is 0.303 e. The fourth-order valence-corrected chi connectivity index (χ4v) is 2.46. The predicted octanol–water partition coefficient (Wildman–Crippen LogP) is 2.20. The van der Waals surface area contributed by atoms with Gasteiger partial charge in [-0.2, -0.15) is 0 Å². The van der Waals surface area contributed by atoms with Crippen LogP contribution in [0.5, 0.6) is 11.5 Å². The van der Waals surface area contributed by atoms with Crippen molar-refractivity contribution in [1.29, 1.82) is 0 Å². The molecule has 0 aromatic heterocycles. The fourth-order valence-electron chi connectivity index (χ4n) is 2.46. The van der Waals surface area contributed by atoms with Crippen LogP contribution in [-0.2, 0) is 4.79 Å². The molecule has 1 aromatic rings. The third kappa shape index (κ3) is 2.26. The Morgan fingerprint density at radius 1 is 1.37 bits per heavy atom. The molecule has 0 saturated heterocycles. The van der Waals surface area contributed by atoms with Crippen LogP contribution in [0.25, 0.3) is 0 Å². The Morgan fingerprint density at radius 3 is 2.74 bits per heavy atom. The summed E-state index contributed by atoms with van der Waals surface area (Å²) in [4.78, 5) is 10.6. The average Bonchev–Trinajstić information content (AvgIpc) is 2.74. The Bertz CT molecular complexity index is 510. The van der Waals surface area contributed by atoms with Crippen LogP contribution < -0.4 is 15.2 Å². The maximum Gasteiger partial charge on any atom is 0.303 e. The van der Waals surface area contributed by atoms with Crippen molar-refractivity contribution in [3.63, 3.8) is 0 Å². The van der Waals surface area contributed by atoms with Gasteiger partial charge in [-0.05, 0) is 30.5 Å². The molecule has 0 amide bonds. The van der Waals surface area contributed by atoms with Crippen LogP contribution in [0.3, 0.4) is 0 Å². The average molecular weight is 263 g/mol. The summed E-state index contributed by atoms with van der Waals surface area (Å²) in [7, 11) is 0. The van der Waals surface area contributed by atoms with E-state index in [2.05, 4.69) is 0 Å². The van der Waals surface area contributed by atoms with Gasteiger partial charge in [0.05, 0.1) is 0 Å². The van der Waals surface area contributed by atoms with E-state index in [9.17, 15) is 4.79 Å². The quantitative estimate of drug-likeness (QED) is 0.870. The van der Waals surface area contributed by atoms with Gasteiger partial charge in [0.2, 0.25) is 0 Å². The molecule has 102 valence electrons. The third-order valence-corrected chi connectivity index (χ3v) is 3.77. The zero-order chi connectivity index (χ0) is 13.5. The predicted molar refractivity (Wildman–Crippen MR) is 68.1 cm³/mol. The molecule has 1 saturated carbocycles. The van der Waals surface area contributed by atoms with Gasteiger partial charge in [0.15, 0.2) is 11.5 Å². The molecule has 1 heterocycles. The highest BCUT2D eigenvalue weighted by molar-refractivity contribution is 5.66. The summed E-state index contributed by atoms with van der Waals surface area (Å²) in [5.41, 5.74) is 6.88. The van der Waals surface area contributed by atoms with Gasteiger partial charge >= 0.3 is 5.97 Å². The van der Waals surface area contributed by atoms with Crippen molar-refractivity contribution in [2.75, 3.05) is 0 Å². The Hall–Kier alpha value is -1.75. The third-order valence-electron chi connectivity index (χ3n) is 3.77. The second-order valence-corrected chi connectivity index (χ2v) is 5.21. The van der Waals surface area contributed by atoms with Gasteiger partial charge in [-0.1, -0.05) is 6.07 Å².